The smallest absolute Gasteiger partial charge is 0.272 e. The van der Waals surface area contributed by atoms with E-state index in [1.54, 1.807) is 52.1 Å². The zero-order chi connectivity index (χ0) is 16.9. The Balaban J connectivity index is 1.54. The molecule has 0 radical (unpaired) electrons. The van der Waals surface area contributed by atoms with Gasteiger partial charge in [0.25, 0.3) is 5.91 Å². The van der Waals surface area contributed by atoms with Crippen LogP contribution in [-0.4, -0.2) is 25.5 Å². The third kappa shape index (κ3) is 3.94. The van der Waals surface area contributed by atoms with Crippen LogP contribution >= 0.6 is 11.6 Å². The van der Waals surface area contributed by atoms with E-state index in [4.69, 9.17) is 16.3 Å². The molecule has 0 atom stereocenters. The highest BCUT2D eigenvalue weighted by Crippen LogP contribution is 2.17. The molecule has 3 rings (SSSR count). The maximum absolute atomic E-state index is 12.1. The Kier molecular flexibility index (Phi) is 4.81. The van der Waals surface area contributed by atoms with Crippen LogP contribution in [0.3, 0.4) is 0 Å². The first-order valence-electron chi connectivity index (χ1n) is 7.29. The average molecular weight is 346 g/mol. The molecule has 0 bridgehead atoms. The zero-order valence-electron chi connectivity index (χ0n) is 13.0. The average Bonchev–Trinajstić information content (AvgIpc) is 3.20. The van der Waals surface area contributed by atoms with Gasteiger partial charge in [-0.15, -0.1) is 0 Å². The Morgan fingerprint density at radius 3 is 2.96 bits per heavy atom. The Bertz CT molecular complexity index is 842. The van der Waals surface area contributed by atoms with Gasteiger partial charge in [0.15, 0.2) is 6.73 Å². The second-order valence-corrected chi connectivity index (χ2v) is 5.54. The molecule has 0 saturated heterocycles. The number of hydrogen-bond acceptors (Lipinski definition) is 4. The van der Waals surface area contributed by atoms with Crippen LogP contribution in [0.25, 0.3) is 0 Å². The maximum Gasteiger partial charge on any atom is 0.272 e. The van der Waals surface area contributed by atoms with E-state index in [2.05, 4.69) is 15.5 Å². The number of rotatable bonds is 6. The summed E-state index contributed by atoms with van der Waals surface area (Å²) in [5.74, 6) is 0.387. The fourth-order valence-electron chi connectivity index (χ4n) is 2.09. The number of carbonyl (C=O) groups excluding carboxylic acids is 1. The summed E-state index contributed by atoms with van der Waals surface area (Å²) in [6, 6.07) is 10.6. The summed E-state index contributed by atoms with van der Waals surface area (Å²) in [6.45, 7) is 0.580. The summed E-state index contributed by atoms with van der Waals surface area (Å²) < 4.78 is 8.82. The molecule has 8 heteroatoms. The monoisotopic (exact) mass is 345 g/mol. The molecular formula is C16H16ClN5O2. The van der Waals surface area contributed by atoms with Crippen LogP contribution < -0.4 is 10.1 Å². The molecule has 7 nitrogen and oxygen atoms in total. The second kappa shape index (κ2) is 7.18. The van der Waals surface area contributed by atoms with Crippen LogP contribution in [0.15, 0.2) is 48.8 Å². The number of benzene rings is 1. The summed E-state index contributed by atoms with van der Waals surface area (Å²) in [5, 5.41) is 11.6. The van der Waals surface area contributed by atoms with Crippen molar-refractivity contribution >= 4 is 17.5 Å². The number of hydrogen-bond donors (Lipinski definition) is 1. The molecule has 0 unspecified atom stereocenters. The topological polar surface area (TPSA) is 74.0 Å². The molecule has 0 fully saturated rings. The summed E-state index contributed by atoms with van der Waals surface area (Å²) in [5.41, 5.74) is 1.24. The second-order valence-electron chi connectivity index (χ2n) is 5.10. The van der Waals surface area contributed by atoms with Gasteiger partial charge in [-0.2, -0.15) is 10.2 Å². The van der Waals surface area contributed by atoms with Crippen LogP contribution in [0.5, 0.6) is 5.75 Å². The van der Waals surface area contributed by atoms with Gasteiger partial charge in [-0.3, -0.25) is 9.48 Å². The van der Waals surface area contributed by atoms with E-state index in [0.717, 1.165) is 5.69 Å². The fraction of sp³-hybridized carbons (Fsp3) is 0.188. The van der Waals surface area contributed by atoms with Crippen molar-refractivity contribution in [3.63, 3.8) is 0 Å². The van der Waals surface area contributed by atoms with Gasteiger partial charge in [-0.05, 0) is 30.3 Å². The molecule has 124 valence electrons. The standard InChI is InChI=1S/C16H16ClN5O2/c1-21-13(5-7-19-21)10-18-16(23)15-6-8-22(20-15)11-24-14-4-2-3-12(17)9-14/h2-9H,10-11H2,1H3,(H,18,23). The van der Waals surface area contributed by atoms with Gasteiger partial charge in [-0.25, -0.2) is 4.68 Å². The van der Waals surface area contributed by atoms with Gasteiger partial charge in [-0.1, -0.05) is 17.7 Å². The number of aromatic nitrogens is 4. The number of nitrogens with one attached hydrogen (secondary N) is 1. The minimum Gasteiger partial charge on any atom is -0.471 e. The lowest BCUT2D eigenvalue weighted by atomic mass is 10.3. The van der Waals surface area contributed by atoms with E-state index in [1.165, 1.54) is 0 Å². The molecule has 0 aliphatic rings. The summed E-state index contributed by atoms with van der Waals surface area (Å²) in [4.78, 5) is 12.1. The highest BCUT2D eigenvalue weighted by Gasteiger charge is 2.10. The van der Waals surface area contributed by atoms with Gasteiger partial charge >= 0.3 is 0 Å². The predicted octanol–water partition coefficient (Wildman–Crippen LogP) is 2.24. The lowest BCUT2D eigenvalue weighted by Gasteiger charge is -2.06. The first-order valence-corrected chi connectivity index (χ1v) is 7.66. The molecule has 0 aliphatic carbocycles. The maximum atomic E-state index is 12.1. The van der Waals surface area contributed by atoms with Gasteiger partial charge in [0.05, 0.1) is 12.2 Å². The molecule has 3 aromatic rings. The minimum absolute atomic E-state index is 0.190. The third-order valence-electron chi connectivity index (χ3n) is 3.39. The predicted molar refractivity (Wildman–Crippen MR) is 88.7 cm³/mol. The SMILES string of the molecule is Cn1nccc1CNC(=O)c1ccn(COc2cccc(Cl)c2)n1. The molecule has 1 N–H and O–H groups in total. The van der Waals surface area contributed by atoms with Gasteiger partial charge in [0, 0.05) is 24.5 Å². The molecule has 2 heterocycles. The van der Waals surface area contributed by atoms with Gasteiger partial charge in [0.1, 0.15) is 11.4 Å². The number of halogens is 1. The lowest BCUT2D eigenvalue weighted by Crippen LogP contribution is -2.24. The van der Waals surface area contributed by atoms with Crippen molar-refractivity contribution in [1.29, 1.82) is 0 Å². The highest BCUT2D eigenvalue weighted by atomic mass is 35.5. The van der Waals surface area contributed by atoms with Gasteiger partial charge < -0.3 is 10.1 Å². The van der Waals surface area contributed by atoms with Crippen molar-refractivity contribution in [3.8, 4) is 5.75 Å². The van der Waals surface area contributed by atoms with Gasteiger partial charge in [0.2, 0.25) is 0 Å². The van der Waals surface area contributed by atoms with E-state index < -0.39 is 0 Å². The first-order chi connectivity index (χ1) is 11.6. The van der Waals surface area contributed by atoms with Crippen molar-refractivity contribution in [2.45, 2.75) is 13.3 Å². The van der Waals surface area contributed by atoms with Crippen LogP contribution in [-0.2, 0) is 20.3 Å². The van der Waals surface area contributed by atoms with Crippen molar-refractivity contribution in [3.05, 3.63) is 65.2 Å². The molecular weight excluding hydrogens is 330 g/mol. The van der Waals surface area contributed by atoms with Crippen molar-refractivity contribution in [2.24, 2.45) is 7.05 Å². The molecule has 0 aliphatic heterocycles. The summed E-state index contributed by atoms with van der Waals surface area (Å²) >= 11 is 5.90. The molecule has 24 heavy (non-hydrogen) atoms. The van der Waals surface area contributed by atoms with Crippen LogP contribution in [0.4, 0.5) is 0 Å². The van der Waals surface area contributed by atoms with Crippen molar-refractivity contribution in [1.82, 2.24) is 24.9 Å². The quantitative estimate of drug-likeness (QED) is 0.743. The van der Waals surface area contributed by atoms with E-state index in [1.807, 2.05) is 13.1 Å². The summed E-state index contributed by atoms with van der Waals surface area (Å²) in [6.07, 6.45) is 3.37. The zero-order valence-corrected chi connectivity index (χ0v) is 13.8. The van der Waals surface area contributed by atoms with Crippen LogP contribution in [0.2, 0.25) is 5.02 Å². The van der Waals surface area contributed by atoms with Crippen LogP contribution in [0, 0.1) is 0 Å². The molecule has 0 saturated carbocycles. The number of nitrogens with zero attached hydrogens (tertiary/aromatic N) is 4. The lowest BCUT2D eigenvalue weighted by molar-refractivity contribution is 0.0943. The third-order valence-corrected chi connectivity index (χ3v) is 3.62. The highest BCUT2D eigenvalue weighted by molar-refractivity contribution is 6.30. The van der Waals surface area contributed by atoms with Crippen molar-refractivity contribution in [2.75, 3.05) is 0 Å². The Morgan fingerprint density at radius 2 is 2.21 bits per heavy atom. The molecule has 2 aromatic heterocycles. The fourth-order valence-corrected chi connectivity index (χ4v) is 2.27. The van der Waals surface area contributed by atoms with E-state index >= 15 is 0 Å². The number of carbonyl (C=O) groups is 1. The molecule has 1 aromatic carbocycles. The summed E-state index contributed by atoms with van der Waals surface area (Å²) in [7, 11) is 1.82. The van der Waals surface area contributed by atoms with E-state index in [-0.39, 0.29) is 12.6 Å². The van der Waals surface area contributed by atoms with E-state index in [9.17, 15) is 4.79 Å². The van der Waals surface area contributed by atoms with Crippen LogP contribution in [0.1, 0.15) is 16.2 Å². The Morgan fingerprint density at radius 1 is 1.33 bits per heavy atom. The number of aryl methyl sites for hydroxylation is 1. The first kappa shape index (κ1) is 16.1. The Hall–Kier alpha value is -2.80. The molecule has 0 spiro atoms. The number of amides is 1. The van der Waals surface area contributed by atoms with Crippen molar-refractivity contribution < 1.29 is 9.53 Å². The molecule has 1 amide bonds. The number of ether oxygens (including phenoxy) is 1. The largest absolute Gasteiger partial charge is 0.471 e. The normalized spacial score (nSPS) is 10.6. The van der Waals surface area contributed by atoms with E-state index in [0.29, 0.717) is 23.0 Å². The Labute approximate surface area is 143 Å². The minimum atomic E-state index is -0.252.